The first-order valence-electron chi connectivity index (χ1n) is 11.4. The van der Waals surface area contributed by atoms with E-state index in [0.717, 1.165) is 50.7 Å². The molecule has 6 nitrogen and oxygen atoms in total. The Morgan fingerprint density at radius 2 is 2.00 bits per heavy atom. The van der Waals surface area contributed by atoms with Crippen LogP contribution in [0.25, 0.3) is 11.3 Å². The average Bonchev–Trinajstić information content (AvgIpc) is 3.07. The van der Waals surface area contributed by atoms with Crippen LogP contribution < -0.4 is 5.73 Å². The number of likely N-dealkylation sites (N-methyl/N-ethyl adjacent to an activating group) is 1. The molecular weight excluding hydrogens is 419 g/mol. The number of hydrogen-bond acceptors (Lipinski definition) is 5. The van der Waals surface area contributed by atoms with E-state index in [2.05, 4.69) is 30.8 Å². The Morgan fingerprint density at radius 1 is 1.28 bits per heavy atom. The lowest BCUT2D eigenvalue weighted by Crippen LogP contribution is -2.49. The molecule has 2 N–H and O–H groups in total. The third-order valence-electron chi connectivity index (χ3n) is 7.62. The normalized spacial score (nSPS) is 31.1. The summed E-state index contributed by atoms with van der Waals surface area (Å²) in [5, 5.41) is 4.74. The van der Waals surface area contributed by atoms with Gasteiger partial charge in [0.2, 0.25) is 0 Å². The first-order chi connectivity index (χ1) is 15.1. The van der Waals surface area contributed by atoms with Crippen molar-refractivity contribution in [2.45, 2.75) is 56.8 Å². The lowest BCUT2D eigenvalue weighted by Gasteiger charge is -2.40. The molecule has 1 aliphatic heterocycles. The van der Waals surface area contributed by atoms with E-state index in [9.17, 15) is 13.2 Å². The summed E-state index contributed by atoms with van der Waals surface area (Å²) in [6.45, 7) is 6.92. The highest BCUT2D eigenvalue weighted by atomic mass is 19.4. The number of morpholine rings is 1. The second-order valence-corrected chi connectivity index (χ2v) is 9.84. The van der Waals surface area contributed by atoms with Gasteiger partial charge in [-0.05, 0) is 57.2 Å². The van der Waals surface area contributed by atoms with Crippen molar-refractivity contribution in [3.63, 3.8) is 0 Å². The Morgan fingerprint density at radius 3 is 2.62 bits per heavy atom. The van der Waals surface area contributed by atoms with E-state index in [1.165, 1.54) is 6.20 Å². The van der Waals surface area contributed by atoms with Crippen LogP contribution in [0.5, 0.6) is 0 Å². The maximum absolute atomic E-state index is 13.3. The minimum Gasteiger partial charge on any atom is -0.383 e. The molecule has 3 fully saturated rings. The van der Waals surface area contributed by atoms with E-state index in [-0.39, 0.29) is 11.6 Å². The third kappa shape index (κ3) is 3.59. The standard InChI is InChI=1S/C23H30F3N5O/c1-4-13(2)31-19(20-15-9-22(10-16(15)20)12-30(3)5-6-32-22)8-18(29-31)14-7-17(23(24,25)26)21(27)28-11-14/h7-8,11,13,15-16,20H,4-6,9-10,12H2,1-3H3,(H2,27,28). The van der Waals surface area contributed by atoms with E-state index in [1.807, 2.05) is 10.7 Å². The smallest absolute Gasteiger partial charge is 0.383 e. The highest BCUT2D eigenvalue weighted by Crippen LogP contribution is 2.67. The van der Waals surface area contributed by atoms with Crippen molar-refractivity contribution in [1.29, 1.82) is 0 Å². The zero-order valence-corrected chi connectivity index (χ0v) is 18.7. The SMILES string of the molecule is CCC(C)n1nc(-c2cnc(N)c(C(F)(F)F)c2)cc1C1C2CC3(CC21)CN(C)CCO3. The number of ether oxygens (including phenoxy) is 1. The molecule has 0 radical (unpaired) electrons. The number of halogens is 3. The molecule has 3 aliphatic rings. The van der Waals surface area contributed by atoms with Gasteiger partial charge < -0.3 is 15.4 Å². The van der Waals surface area contributed by atoms with Crippen molar-refractivity contribution in [1.82, 2.24) is 19.7 Å². The van der Waals surface area contributed by atoms with Gasteiger partial charge in [-0.2, -0.15) is 18.3 Å². The van der Waals surface area contributed by atoms with Crippen LogP contribution >= 0.6 is 0 Å². The predicted molar refractivity (Wildman–Crippen MR) is 115 cm³/mol. The van der Waals surface area contributed by atoms with Gasteiger partial charge in [0.15, 0.2) is 0 Å². The van der Waals surface area contributed by atoms with Crippen LogP contribution in [0.3, 0.4) is 0 Å². The zero-order chi connectivity index (χ0) is 22.8. The quantitative estimate of drug-likeness (QED) is 0.752. The number of anilines is 1. The first kappa shape index (κ1) is 21.7. The van der Waals surface area contributed by atoms with Crippen LogP contribution in [-0.4, -0.2) is 52.0 Å². The molecule has 1 spiro atoms. The Hall–Kier alpha value is -2.13. The van der Waals surface area contributed by atoms with Crippen molar-refractivity contribution < 1.29 is 17.9 Å². The fourth-order valence-corrected chi connectivity index (χ4v) is 5.83. The molecule has 174 valence electrons. The van der Waals surface area contributed by atoms with E-state index in [0.29, 0.717) is 29.0 Å². The summed E-state index contributed by atoms with van der Waals surface area (Å²) in [6.07, 6.45) is -0.206. The zero-order valence-electron chi connectivity index (χ0n) is 18.7. The van der Waals surface area contributed by atoms with Crippen molar-refractivity contribution >= 4 is 5.82 Å². The highest BCUT2D eigenvalue weighted by Gasteiger charge is 2.63. The Balaban J connectivity index is 1.44. The van der Waals surface area contributed by atoms with Crippen LogP contribution in [0.2, 0.25) is 0 Å². The predicted octanol–water partition coefficient (Wildman–Crippen LogP) is 4.34. The lowest BCUT2D eigenvalue weighted by molar-refractivity contribution is -0.137. The number of aromatic nitrogens is 3. The van der Waals surface area contributed by atoms with Crippen molar-refractivity contribution in [2.24, 2.45) is 11.8 Å². The molecule has 2 aromatic heterocycles. The fraction of sp³-hybridized carbons (Fsp3) is 0.652. The minimum absolute atomic E-state index is 0.0363. The number of hydrogen-bond donors (Lipinski definition) is 1. The van der Waals surface area contributed by atoms with Crippen LogP contribution in [0.15, 0.2) is 18.3 Å². The van der Waals surface area contributed by atoms with E-state index < -0.39 is 17.6 Å². The van der Waals surface area contributed by atoms with Gasteiger partial charge in [0.25, 0.3) is 0 Å². The van der Waals surface area contributed by atoms with E-state index in [4.69, 9.17) is 15.6 Å². The fourth-order valence-electron chi connectivity index (χ4n) is 5.83. The molecule has 2 aliphatic carbocycles. The Kier molecular flexibility index (Phi) is 5.05. The van der Waals surface area contributed by atoms with E-state index in [1.54, 1.807) is 0 Å². The molecule has 5 rings (SSSR count). The molecule has 3 heterocycles. The molecule has 0 aromatic carbocycles. The Labute approximate surface area is 185 Å². The first-order valence-corrected chi connectivity index (χ1v) is 11.4. The largest absolute Gasteiger partial charge is 0.419 e. The number of nitrogens with zero attached hydrogens (tertiary/aromatic N) is 4. The monoisotopic (exact) mass is 449 g/mol. The Bertz CT molecular complexity index is 1010. The molecule has 3 unspecified atom stereocenters. The minimum atomic E-state index is -4.55. The molecule has 0 amide bonds. The number of pyridine rings is 1. The summed E-state index contributed by atoms with van der Waals surface area (Å²) in [5.74, 6) is 0.964. The maximum Gasteiger partial charge on any atom is 0.419 e. The lowest BCUT2D eigenvalue weighted by atomic mass is 9.91. The van der Waals surface area contributed by atoms with Gasteiger partial charge in [0, 0.05) is 42.5 Å². The summed E-state index contributed by atoms with van der Waals surface area (Å²) >= 11 is 0. The molecule has 2 aromatic rings. The van der Waals surface area contributed by atoms with Crippen molar-refractivity contribution in [3.05, 3.63) is 29.6 Å². The van der Waals surface area contributed by atoms with Crippen LogP contribution in [0, 0.1) is 11.8 Å². The molecule has 9 heteroatoms. The molecule has 1 saturated heterocycles. The summed E-state index contributed by atoms with van der Waals surface area (Å²) in [7, 11) is 2.14. The number of alkyl halides is 3. The molecule has 3 atom stereocenters. The number of nitrogen functional groups attached to an aromatic ring is 1. The highest BCUT2D eigenvalue weighted by molar-refractivity contribution is 5.63. The van der Waals surface area contributed by atoms with Crippen LogP contribution in [0.4, 0.5) is 19.0 Å². The summed E-state index contributed by atoms with van der Waals surface area (Å²) in [4.78, 5) is 6.14. The van der Waals surface area contributed by atoms with Gasteiger partial charge in [-0.25, -0.2) is 4.98 Å². The van der Waals surface area contributed by atoms with Gasteiger partial charge in [-0.3, -0.25) is 4.68 Å². The van der Waals surface area contributed by atoms with Crippen molar-refractivity contribution in [2.75, 3.05) is 32.5 Å². The second kappa shape index (κ2) is 7.45. The number of rotatable bonds is 4. The third-order valence-corrected chi connectivity index (χ3v) is 7.62. The van der Waals surface area contributed by atoms with Crippen molar-refractivity contribution in [3.8, 4) is 11.3 Å². The number of nitrogens with two attached hydrogens (primary N) is 1. The number of fused-ring (bicyclic) bond motifs is 1. The second-order valence-electron chi connectivity index (χ2n) is 9.84. The van der Waals surface area contributed by atoms with Crippen LogP contribution in [-0.2, 0) is 10.9 Å². The van der Waals surface area contributed by atoms with Gasteiger partial charge >= 0.3 is 6.18 Å². The van der Waals surface area contributed by atoms with Gasteiger partial charge in [0.05, 0.1) is 23.5 Å². The topological polar surface area (TPSA) is 69.2 Å². The summed E-state index contributed by atoms with van der Waals surface area (Å²) in [5.41, 5.74) is 6.51. The van der Waals surface area contributed by atoms with Gasteiger partial charge in [0.1, 0.15) is 5.82 Å². The molecular formula is C23H30F3N5O. The van der Waals surface area contributed by atoms with Crippen LogP contribution in [0.1, 0.15) is 56.3 Å². The van der Waals surface area contributed by atoms with Gasteiger partial charge in [-0.1, -0.05) is 6.92 Å². The maximum atomic E-state index is 13.3. The summed E-state index contributed by atoms with van der Waals surface area (Å²) in [6, 6.07) is 3.18. The summed E-state index contributed by atoms with van der Waals surface area (Å²) < 4.78 is 48.3. The van der Waals surface area contributed by atoms with Gasteiger partial charge in [-0.15, -0.1) is 0 Å². The van der Waals surface area contributed by atoms with E-state index >= 15 is 0 Å². The molecule has 0 bridgehead atoms. The molecule has 2 saturated carbocycles. The molecule has 32 heavy (non-hydrogen) atoms. The average molecular weight is 450 g/mol.